The number of nitrogens with one attached hydrogen (secondary N) is 2. The molecule has 0 aromatic heterocycles. The van der Waals surface area contributed by atoms with E-state index in [2.05, 4.69) is 10.0 Å². The summed E-state index contributed by atoms with van der Waals surface area (Å²) in [4.78, 5) is 12.8. The van der Waals surface area contributed by atoms with Gasteiger partial charge in [0.2, 0.25) is 10.0 Å². The summed E-state index contributed by atoms with van der Waals surface area (Å²) in [5.41, 5.74) is 1.36. The molecule has 29 heavy (non-hydrogen) atoms. The standard InChI is InChI=1S/C21H24N2O5S/c24-21(23-19-11-13-28-20-6-2-1-5-18(19)20)15-7-9-17(10-8-15)29(25,26)22-14-16-4-3-12-27-16/h1-2,5-10,16,19,22H,3-4,11-14H2,(H,23,24)/t16-,19+/m1/s1. The number of benzene rings is 2. The molecule has 2 aliphatic heterocycles. The van der Waals surface area contributed by atoms with Crippen LogP contribution >= 0.6 is 0 Å². The van der Waals surface area contributed by atoms with Gasteiger partial charge in [-0.25, -0.2) is 13.1 Å². The summed E-state index contributed by atoms with van der Waals surface area (Å²) >= 11 is 0. The third-order valence-electron chi connectivity index (χ3n) is 5.22. The highest BCUT2D eigenvalue weighted by Crippen LogP contribution is 2.31. The van der Waals surface area contributed by atoms with Gasteiger partial charge in [-0.05, 0) is 43.2 Å². The molecule has 2 aromatic carbocycles. The van der Waals surface area contributed by atoms with Crippen LogP contribution in [0.4, 0.5) is 0 Å². The Morgan fingerprint density at radius 3 is 2.59 bits per heavy atom. The fourth-order valence-electron chi connectivity index (χ4n) is 3.61. The zero-order chi connectivity index (χ0) is 20.3. The van der Waals surface area contributed by atoms with Crippen molar-refractivity contribution >= 4 is 15.9 Å². The first-order chi connectivity index (χ1) is 14.0. The lowest BCUT2D eigenvalue weighted by Crippen LogP contribution is -2.32. The Morgan fingerprint density at radius 1 is 1.03 bits per heavy atom. The topological polar surface area (TPSA) is 93.7 Å². The zero-order valence-corrected chi connectivity index (χ0v) is 16.8. The van der Waals surface area contributed by atoms with E-state index in [1.165, 1.54) is 24.3 Å². The Balaban J connectivity index is 1.40. The third kappa shape index (κ3) is 4.60. The van der Waals surface area contributed by atoms with Crippen molar-refractivity contribution in [2.45, 2.75) is 36.3 Å². The molecule has 0 unspecified atom stereocenters. The number of fused-ring (bicyclic) bond motifs is 1. The van der Waals surface area contributed by atoms with Gasteiger partial charge in [-0.15, -0.1) is 0 Å². The van der Waals surface area contributed by atoms with E-state index in [0.717, 1.165) is 24.2 Å². The van der Waals surface area contributed by atoms with Gasteiger partial charge in [0.25, 0.3) is 5.91 Å². The normalized spacial score (nSPS) is 21.2. The molecule has 2 heterocycles. The quantitative estimate of drug-likeness (QED) is 0.754. The van der Waals surface area contributed by atoms with Gasteiger partial charge in [0.15, 0.2) is 0 Å². The molecule has 2 atom stereocenters. The second-order valence-electron chi connectivity index (χ2n) is 7.21. The van der Waals surface area contributed by atoms with Gasteiger partial charge in [-0.3, -0.25) is 4.79 Å². The molecule has 154 valence electrons. The summed E-state index contributed by atoms with van der Waals surface area (Å²) in [6.45, 7) is 1.47. The maximum atomic E-state index is 12.6. The highest BCUT2D eigenvalue weighted by atomic mass is 32.2. The van der Waals surface area contributed by atoms with Crippen LogP contribution in [0, 0.1) is 0 Å². The summed E-state index contributed by atoms with van der Waals surface area (Å²) in [6.07, 6.45) is 2.42. The molecular formula is C21H24N2O5S. The van der Waals surface area contributed by atoms with Crippen molar-refractivity contribution in [1.29, 1.82) is 0 Å². The second-order valence-corrected chi connectivity index (χ2v) is 8.98. The first kappa shape index (κ1) is 19.9. The van der Waals surface area contributed by atoms with Crippen molar-refractivity contribution in [2.24, 2.45) is 0 Å². The fraction of sp³-hybridized carbons (Fsp3) is 0.381. The van der Waals surface area contributed by atoms with E-state index in [4.69, 9.17) is 9.47 Å². The molecule has 1 amide bonds. The van der Waals surface area contributed by atoms with Gasteiger partial charge >= 0.3 is 0 Å². The van der Waals surface area contributed by atoms with Crippen molar-refractivity contribution in [2.75, 3.05) is 19.8 Å². The van der Waals surface area contributed by atoms with E-state index in [0.29, 0.717) is 25.2 Å². The lowest BCUT2D eigenvalue weighted by atomic mass is 10.00. The van der Waals surface area contributed by atoms with Gasteiger partial charge < -0.3 is 14.8 Å². The monoisotopic (exact) mass is 416 g/mol. The summed E-state index contributed by atoms with van der Waals surface area (Å²) in [5.74, 6) is 0.533. The van der Waals surface area contributed by atoms with Crippen LogP contribution in [0.15, 0.2) is 53.4 Å². The van der Waals surface area contributed by atoms with E-state index in [1.54, 1.807) is 0 Å². The van der Waals surface area contributed by atoms with Crippen LogP contribution in [-0.2, 0) is 14.8 Å². The number of carbonyl (C=O) groups excluding carboxylic acids is 1. The van der Waals surface area contributed by atoms with Gasteiger partial charge in [0.1, 0.15) is 5.75 Å². The van der Waals surface area contributed by atoms with Crippen LogP contribution in [-0.4, -0.2) is 40.2 Å². The average molecular weight is 416 g/mol. The van der Waals surface area contributed by atoms with Crippen LogP contribution in [0.3, 0.4) is 0 Å². The van der Waals surface area contributed by atoms with Crippen LogP contribution in [0.1, 0.15) is 41.2 Å². The number of para-hydroxylation sites is 1. The highest BCUT2D eigenvalue weighted by Gasteiger charge is 2.24. The maximum Gasteiger partial charge on any atom is 0.251 e. The molecule has 0 aliphatic carbocycles. The molecule has 1 fully saturated rings. The maximum absolute atomic E-state index is 12.6. The van der Waals surface area contributed by atoms with Gasteiger partial charge in [-0.2, -0.15) is 0 Å². The first-order valence-corrected chi connectivity index (χ1v) is 11.3. The molecule has 0 bridgehead atoms. The zero-order valence-electron chi connectivity index (χ0n) is 16.0. The Kier molecular flexibility index (Phi) is 5.84. The van der Waals surface area contributed by atoms with Gasteiger partial charge in [-0.1, -0.05) is 18.2 Å². The summed E-state index contributed by atoms with van der Waals surface area (Å²) < 4.78 is 38.5. The number of hydrogen-bond donors (Lipinski definition) is 2. The molecule has 2 aliphatic rings. The van der Waals surface area contributed by atoms with Crippen molar-refractivity contribution in [1.82, 2.24) is 10.0 Å². The Labute approximate surface area is 170 Å². The summed E-state index contributed by atoms with van der Waals surface area (Å²) in [6, 6.07) is 13.5. The van der Waals surface area contributed by atoms with Crippen LogP contribution in [0.2, 0.25) is 0 Å². The molecule has 4 rings (SSSR count). The van der Waals surface area contributed by atoms with E-state index in [-0.39, 0.29) is 29.5 Å². The van der Waals surface area contributed by atoms with Crippen LogP contribution in [0.5, 0.6) is 5.75 Å². The first-order valence-electron chi connectivity index (χ1n) is 9.77. The summed E-state index contributed by atoms with van der Waals surface area (Å²) in [5, 5.41) is 3.01. The number of hydrogen-bond acceptors (Lipinski definition) is 5. The van der Waals surface area contributed by atoms with Crippen molar-refractivity contribution in [3.8, 4) is 5.75 Å². The molecule has 0 saturated carbocycles. The molecule has 7 nitrogen and oxygen atoms in total. The molecule has 2 aromatic rings. The molecule has 2 N–H and O–H groups in total. The number of rotatable bonds is 6. The van der Waals surface area contributed by atoms with Crippen molar-refractivity contribution in [3.05, 3.63) is 59.7 Å². The molecule has 0 spiro atoms. The Hall–Kier alpha value is -2.42. The molecule has 0 radical (unpaired) electrons. The predicted molar refractivity (Wildman–Crippen MR) is 107 cm³/mol. The number of ether oxygens (including phenoxy) is 2. The van der Waals surface area contributed by atoms with E-state index < -0.39 is 10.0 Å². The number of sulfonamides is 1. The fourth-order valence-corrected chi connectivity index (χ4v) is 4.68. The van der Waals surface area contributed by atoms with Crippen molar-refractivity contribution in [3.63, 3.8) is 0 Å². The predicted octanol–water partition coefficient (Wildman–Crippen LogP) is 2.40. The molecular weight excluding hydrogens is 392 g/mol. The van der Waals surface area contributed by atoms with E-state index in [9.17, 15) is 13.2 Å². The van der Waals surface area contributed by atoms with Crippen molar-refractivity contribution < 1.29 is 22.7 Å². The van der Waals surface area contributed by atoms with E-state index >= 15 is 0 Å². The minimum Gasteiger partial charge on any atom is -0.493 e. The second kappa shape index (κ2) is 8.52. The van der Waals surface area contributed by atoms with Gasteiger partial charge in [0, 0.05) is 30.7 Å². The smallest absolute Gasteiger partial charge is 0.251 e. The van der Waals surface area contributed by atoms with E-state index in [1.807, 2.05) is 24.3 Å². The SMILES string of the molecule is O=C(N[C@H]1CCOc2ccccc21)c1ccc(S(=O)(=O)NC[C@H]2CCCO2)cc1. The minimum absolute atomic E-state index is 0.0721. The molecule has 1 saturated heterocycles. The summed E-state index contributed by atoms with van der Waals surface area (Å²) in [7, 11) is -3.64. The highest BCUT2D eigenvalue weighted by molar-refractivity contribution is 7.89. The molecule has 8 heteroatoms. The third-order valence-corrected chi connectivity index (χ3v) is 6.66. The van der Waals surface area contributed by atoms with Gasteiger partial charge in [0.05, 0.1) is 23.6 Å². The lowest BCUT2D eigenvalue weighted by molar-refractivity contribution is 0.0924. The van der Waals surface area contributed by atoms with Crippen LogP contribution < -0.4 is 14.8 Å². The Morgan fingerprint density at radius 2 is 1.83 bits per heavy atom. The number of amides is 1. The number of carbonyl (C=O) groups is 1. The minimum atomic E-state index is -3.64. The average Bonchev–Trinajstić information content (AvgIpc) is 3.26. The largest absolute Gasteiger partial charge is 0.493 e. The lowest BCUT2D eigenvalue weighted by Gasteiger charge is -2.26. The van der Waals surface area contributed by atoms with Crippen LogP contribution in [0.25, 0.3) is 0 Å². The Bertz CT molecular complexity index is 969.